The van der Waals surface area contributed by atoms with Gasteiger partial charge in [0.2, 0.25) is 0 Å². The zero-order valence-electron chi connectivity index (χ0n) is 6.82. The van der Waals surface area contributed by atoms with E-state index in [1.165, 1.54) is 0 Å². The Morgan fingerprint density at radius 1 is 1.29 bits per heavy atom. The number of hydrogen-bond acceptors (Lipinski definition) is 3. The van der Waals surface area contributed by atoms with Crippen molar-refractivity contribution in [3.05, 3.63) is 24.0 Å². The standard InChI is InChI=1S/C7H6BF3O3/c9-4-2-1-3-5(14-7(10)11)6(4)8(12)13/h1-3,7,12-13H. The third-order valence-corrected chi connectivity index (χ3v) is 1.49. The van der Waals surface area contributed by atoms with Gasteiger partial charge in [0.25, 0.3) is 0 Å². The average Bonchev–Trinajstić information content (AvgIpc) is 2.01. The van der Waals surface area contributed by atoms with E-state index in [-0.39, 0.29) is 0 Å². The topological polar surface area (TPSA) is 49.7 Å². The van der Waals surface area contributed by atoms with E-state index in [0.717, 1.165) is 18.2 Å². The van der Waals surface area contributed by atoms with Crippen LogP contribution in [0.2, 0.25) is 0 Å². The normalized spacial score (nSPS) is 10.4. The number of rotatable bonds is 3. The summed E-state index contributed by atoms with van der Waals surface area (Å²) in [5, 5.41) is 17.4. The second-order valence-electron chi connectivity index (χ2n) is 2.40. The fraction of sp³-hybridized carbons (Fsp3) is 0.143. The van der Waals surface area contributed by atoms with Crippen LogP contribution < -0.4 is 10.2 Å². The summed E-state index contributed by atoms with van der Waals surface area (Å²) in [7, 11) is -2.19. The zero-order chi connectivity index (χ0) is 10.7. The molecule has 76 valence electrons. The van der Waals surface area contributed by atoms with Crippen LogP contribution in [-0.4, -0.2) is 23.8 Å². The maximum Gasteiger partial charge on any atom is 0.495 e. The first-order valence-electron chi connectivity index (χ1n) is 3.61. The second-order valence-corrected chi connectivity index (χ2v) is 2.40. The lowest BCUT2D eigenvalue weighted by Gasteiger charge is -2.10. The van der Waals surface area contributed by atoms with Crippen LogP contribution in [0.1, 0.15) is 0 Å². The van der Waals surface area contributed by atoms with Crippen molar-refractivity contribution >= 4 is 12.6 Å². The molecule has 0 atom stereocenters. The lowest BCUT2D eigenvalue weighted by molar-refractivity contribution is -0.0493. The van der Waals surface area contributed by atoms with E-state index < -0.39 is 30.8 Å². The Morgan fingerprint density at radius 3 is 2.43 bits per heavy atom. The lowest BCUT2D eigenvalue weighted by atomic mass is 9.79. The van der Waals surface area contributed by atoms with Crippen LogP contribution in [0, 0.1) is 5.82 Å². The van der Waals surface area contributed by atoms with Gasteiger partial charge in [-0.3, -0.25) is 0 Å². The Balaban J connectivity index is 3.08. The Labute approximate surface area is 77.9 Å². The average molecular weight is 206 g/mol. The van der Waals surface area contributed by atoms with Crippen LogP contribution in [0.4, 0.5) is 13.2 Å². The van der Waals surface area contributed by atoms with Gasteiger partial charge in [-0.15, -0.1) is 0 Å². The molecule has 0 amide bonds. The molecule has 0 saturated heterocycles. The van der Waals surface area contributed by atoms with Crippen molar-refractivity contribution in [2.45, 2.75) is 6.61 Å². The highest BCUT2D eigenvalue weighted by atomic mass is 19.3. The quantitative estimate of drug-likeness (QED) is 0.689. The Hall–Kier alpha value is -1.21. The highest BCUT2D eigenvalue weighted by Crippen LogP contribution is 2.13. The molecule has 2 N–H and O–H groups in total. The summed E-state index contributed by atoms with van der Waals surface area (Å²) in [6.45, 7) is -3.14. The van der Waals surface area contributed by atoms with Crippen molar-refractivity contribution < 1.29 is 28.0 Å². The predicted molar refractivity (Wildman–Crippen MR) is 42.9 cm³/mol. The van der Waals surface area contributed by atoms with E-state index in [1.54, 1.807) is 0 Å². The van der Waals surface area contributed by atoms with Crippen molar-refractivity contribution in [3.63, 3.8) is 0 Å². The zero-order valence-corrected chi connectivity index (χ0v) is 6.82. The van der Waals surface area contributed by atoms with E-state index in [1.807, 2.05) is 0 Å². The molecule has 14 heavy (non-hydrogen) atoms. The van der Waals surface area contributed by atoms with Crippen molar-refractivity contribution in [2.24, 2.45) is 0 Å². The molecule has 0 heterocycles. The molecule has 3 nitrogen and oxygen atoms in total. The first-order chi connectivity index (χ1) is 6.52. The number of ether oxygens (including phenoxy) is 1. The number of alkyl halides is 2. The lowest BCUT2D eigenvalue weighted by Crippen LogP contribution is -2.34. The van der Waals surface area contributed by atoms with Crippen molar-refractivity contribution in [1.82, 2.24) is 0 Å². The van der Waals surface area contributed by atoms with Gasteiger partial charge in [-0.25, -0.2) is 4.39 Å². The number of hydrogen-bond donors (Lipinski definition) is 2. The minimum atomic E-state index is -3.14. The van der Waals surface area contributed by atoms with Crippen molar-refractivity contribution in [1.29, 1.82) is 0 Å². The fourth-order valence-electron chi connectivity index (χ4n) is 0.967. The summed E-state index contributed by atoms with van der Waals surface area (Å²) in [5.41, 5.74) is -0.701. The molecule has 0 bridgehead atoms. The van der Waals surface area contributed by atoms with Crippen LogP contribution in [0.3, 0.4) is 0 Å². The number of halogens is 3. The van der Waals surface area contributed by atoms with E-state index in [2.05, 4.69) is 4.74 Å². The smallest absolute Gasteiger partial charge is 0.435 e. The van der Waals surface area contributed by atoms with Gasteiger partial charge in [0, 0.05) is 0 Å². The fourth-order valence-corrected chi connectivity index (χ4v) is 0.967. The minimum Gasteiger partial charge on any atom is -0.435 e. The molecule has 1 rings (SSSR count). The molecular formula is C7H6BF3O3. The summed E-state index contributed by atoms with van der Waals surface area (Å²) in [4.78, 5) is 0. The molecule has 0 aliphatic heterocycles. The van der Waals surface area contributed by atoms with Gasteiger partial charge in [0.15, 0.2) is 0 Å². The maximum atomic E-state index is 12.9. The highest BCUT2D eigenvalue weighted by molar-refractivity contribution is 6.59. The second kappa shape index (κ2) is 4.34. The summed E-state index contributed by atoms with van der Waals surface area (Å²) >= 11 is 0. The minimum absolute atomic E-state index is 0.588. The van der Waals surface area contributed by atoms with Crippen LogP contribution in [0.25, 0.3) is 0 Å². The van der Waals surface area contributed by atoms with E-state index in [9.17, 15) is 13.2 Å². The van der Waals surface area contributed by atoms with E-state index in [4.69, 9.17) is 10.0 Å². The van der Waals surface area contributed by atoms with Crippen LogP contribution in [0.5, 0.6) is 5.75 Å². The third-order valence-electron chi connectivity index (χ3n) is 1.49. The molecule has 1 aromatic rings. The molecule has 0 saturated carbocycles. The molecule has 0 radical (unpaired) electrons. The SMILES string of the molecule is OB(O)c1c(F)cccc1OC(F)F. The van der Waals surface area contributed by atoms with Crippen LogP contribution in [0.15, 0.2) is 18.2 Å². The van der Waals surface area contributed by atoms with Gasteiger partial charge in [0.1, 0.15) is 11.6 Å². The van der Waals surface area contributed by atoms with Crippen LogP contribution in [-0.2, 0) is 0 Å². The first-order valence-corrected chi connectivity index (χ1v) is 3.61. The molecule has 0 spiro atoms. The van der Waals surface area contributed by atoms with Crippen LogP contribution >= 0.6 is 0 Å². The molecule has 7 heteroatoms. The van der Waals surface area contributed by atoms with Gasteiger partial charge in [-0.1, -0.05) is 6.07 Å². The molecule has 0 fully saturated rings. The molecule has 0 aromatic heterocycles. The van der Waals surface area contributed by atoms with Gasteiger partial charge < -0.3 is 14.8 Å². The largest absolute Gasteiger partial charge is 0.495 e. The molecule has 0 unspecified atom stereocenters. The van der Waals surface area contributed by atoms with Gasteiger partial charge in [-0.2, -0.15) is 8.78 Å². The Kier molecular flexibility index (Phi) is 3.37. The Bertz CT molecular complexity index is 319. The molecule has 0 aliphatic carbocycles. The monoisotopic (exact) mass is 206 g/mol. The number of benzene rings is 1. The predicted octanol–water partition coefficient (Wildman–Crippen LogP) is 0.107. The maximum absolute atomic E-state index is 12.9. The first kappa shape index (κ1) is 10.9. The molecule has 0 aliphatic rings. The summed E-state index contributed by atoms with van der Waals surface area (Å²) in [5.74, 6) is -1.60. The van der Waals surface area contributed by atoms with E-state index >= 15 is 0 Å². The highest BCUT2D eigenvalue weighted by Gasteiger charge is 2.23. The van der Waals surface area contributed by atoms with Crippen molar-refractivity contribution in [3.8, 4) is 5.75 Å². The molecular weight excluding hydrogens is 200 g/mol. The van der Waals surface area contributed by atoms with Crippen molar-refractivity contribution in [2.75, 3.05) is 0 Å². The van der Waals surface area contributed by atoms with Gasteiger partial charge in [-0.05, 0) is 12.1 Å². The van der Waals surface area contributed by atoms with Gasteiger partial charge in [0.05, 0.1) is 5.46 Å². The summed E-state index contributed by atoms with van der Waals surface area (Å²) < 4.78 is 40.4. The summed E-state index contributed by atoms with van der Waals surface area (Å²) in [6.07, 6.45) is 0. The Morgan fingerprint density at radius 2 is 1.93 bits per heavy atom. The summed E-state index contributed by atoms with van der Waals surface area (Å²) in [6, 6.07) is 3.05. The van der Waals surface area contributed by atoms with E-state index in [0.29, 0.717) is 0 Å². The third kappa shape index (κ3) is 2.40. The molecule has 1 aromatic carbocycles. The van der Waals surface area contributed by atoms with Gasteiger partial charge >= 0.3 is 13.7 Å².